The molecule has 0 unspecified atom stereocenters. The van der Waals surface area contributed by atoms with E-state index in [0.29, 0.717) is 0 Å². The summed E-state index contributed by atoms with van der Waals surface area (Å²) in [4.78, 5) is 30.5. The van der Waals surface area contributed by atoms with Crippen LogP contribution in [0.2, 0.25) is 0 Å². The van der Waals surface area contributed by atoms with Crippen LogP contribution in [0.4, 0.5) is 18.9 Å². The summed E-state index contributed by atoms with van der Waals surface area (Å²) in [5.41, 5.74) is -0.430. The molecule has 0 fully saturated rings. The lowest BCUT2D eigenvalue weighted by atomic mass is 10.1. The first-order valence-corrected chi connectivity index (χ1v) is 10.6. The molecule has 0 bridgehead atoms. The zero-order chi connectivity index (χ0) is 21.9. The fourth-order valence-corrected chi connectivity index (χ4v) is 5.06. The molecular weight excluding hydrogens is 435 g/mol. The van der Waals surface area contributed by atoms with Gasteiger partial charge in [-0.2, -0.15) is 13.2 Å². The lowest BCUT2D eigenvalue weighted by Gasteiger charge is -2.21. The van der Waals surface area contributed by atoms with Crippen molar-refractivity contribution in [3.05, 3.63) is 54.1 Å². The first-order valence-electron chi connectivity index (χ1n) is 8.88. The number of halogens is 3. The number of thioether (sulfide) groups is 1. The van der Waals surface area contributed by atoms with E-state index in [4.69, 9.17) is 0 Å². The minimum Gasteiger partial charge on any atom is -0.335 e. The van der Waals surface area contributed by atoms with Crippen molar-refractivity contribution in [2.75, 3.05) is 18.9 Å². The second kappa shape index (κ2) is 9.05. The number of rotatable bonds is 6. The molecule has 158 valence electrons. The smallest absolute Gasteiger partial charge is 0.335 e. The van der Waals surface area contributed by atoms with Crippen molar-refractivity contribution in [2.45, 2.75) is 22.7 Å². The molecule has 0 saturated heterocycles. The second-order valence-corrected chi connectivity index (χ2v) is 9.11. The molecule has 1 aromatic heterocycles. The monoisotopic (exact) mass is 453 g/mol. The zero-order valence-corrected chi connectivity index (χ0v) is 17.7. The van der Waals surface area contributed by atoms with E-state index in [1.807, 2.05) is 24.3 Å². The maximum absolute atomic E-state index is 13.1. The number of anilines is 1. The Morgan fingerprint density at radius 2 is 1.83 bits per heavy atom. The Labute approximate surface area is 179 Å². The molecule has 0 aliphatic carbocycles. The minimum absolute atomic E-state index is 0.321. The lowest BCUT2D eigenvalue weighted by molar-refractivity contribution is -0.137. The summed E-state index contributed by atoms with van der Waals surface area (Å²) in [5.74, 6) is -1.03. The maximum Gasteiger partial charge on any atom is 0.418 e. The van der Waals surface area contributed by atoms with Crippen molar-refractivity contribution in [1.29, 1.82) is 0 Å². The molecular formula is C20H18F3N3O2S2. The number of nitrogens with one attached hydrogen (secondary N) is 1. The summed E-state index contributed by atoms with van der Waals surface area (Å²) in [6, 6.07) is 12.3. The van der Waals surface area contributed by atoms with Crippen LogP contribution in [0, 0.1) is 0 Å². The first-order chi connectivity index (χ1) is 14.1. The largest absolute Gasteiger partial charge is 0.418 e. The lowest BCUT2D eigenvalue weighted by Crippen LogP contribution is -2.39. The van der Waals surface area contributed by atoms with Crippen LogP contribution in [-0.4, -0.2) is 40.5 Å². The Morgan fingerprint density at radius 1 is 1.17 bits per heavy atom. The van der Waals surface area contributed by atoms with Crippen molar-refractivity contribution >= 4 is 50.8 Å². The average molecular weight is 454 g/mol. The van der Waals surface area contributed by atoms with E-state index < -0.39 is 22.9 Å². The predicted molar refractivity (Wildman–Crippen MR) is 113 cm³/mol. The second-order valence-electron chi connectivity index (χ2n) is 6.49. The fraction of sp³-hybridized carbons (Fsp3) is 0.250. The minimum atomic E-state index is -4.59. The summed E-state index contributed by atoms with van der Waals surface area (Å²) in [6.07, 6.45) is -4.59. The van der Waals surface area contributed by atoms with Crippen LogP contribution >= 0.6 is 23.1 Å². The normalized spacial score (nSPS) is 12.6. The molecule has 3 aromatic rings. The standard InChI is InChI=1S/C20H18F3N3O2S2/c1-12(29-19-25-15-9-5-6-10-16(15)30-19)18(28)26(2)11-17(27)24-14-8-4-3-7-13(14)20(21,22)23/h3-10,12H,11H2,1-2H3,(H,24,27)/t12-/m1/s1. The maximum atomic E-state index is 13.1. The number of alkyl halides is 3. The third kappa shape index (κ3) is 5.31. The number of likely N-dealkylation sites (N-methyl/N-ethyl adjacent to an activating group) is 1. The van der Waals surface area contributed by atoms with Crippen LogP contribution in [0.5, 0.6) is 0 Å². The number of para-hydroxylation sites is 2. The molecule has 5 nitrogen and oxygen atoms in total. The molecule has 0 saturated carbocycles. The third-order valence-electron chi connectivity index (χ3n) is 4.16. The first kappa shape index (κ1) is 22.1. The van der Waals surface area contributed by atoms with E-state index >= 15 is 0 Å². The number of carbonyl (C=O) groups excluding carboxylic acids is 2. The fourth-order valence-electron chi connectivity index (χ4n) is 2.74. The van der Waals surface area contributed by atoms with Crippen molar-refractivity contribution in [3.8, 4) is 0 Å². The van der Waals surface area contributed by atoms with Gasteiger partial charge in [-0.1, -0.05) is 36.0 Å². The number of fused-ring (bicyclic) bond motifs is 1. The van der Waals surface area contributed by atoms with Gasteiger partial charge >= 0.3 is 6.18 Å². The number of carbonyl (C=O) groups is 2. The highest BCUT2D eigenvalue weighted by molar-refractivity contribution is 8.02. The van der Waals surface area contributed by atoms with Crippen LogP contribution in [0.25, 0.3) is 10.2 Å². The van der Waals surface area contributed by atoms with Crippen molar-refractivity contribution in [2.24, 2.45) is 0 Å². The van der Waals surface area contributed by atoms with E-state index in [-0.39, 0.29) is 18.1 Å². The number of benzene rings is 2. The number of hydrogen-bond donors (Lipinski definition) is 1. The quantitative estimate of drug-likeness (QED) is 0.540. The van der Waals surface area contributed by atoms with Crippen LogP contribution in [0.15, 0.2) is 52.9 Å². The zero-order valence-electron chi connectivity index (χ0n) is 16.1. The van der Waals surface area contributed by atoms with E-state index in [2.05, 4.69) is 10.3 Å². The Hall–Kier alpha value is -2.59. The van der Waals surface area contributed by atoms with Crippen molar-refractivity contribution < 1.29 is 22.8 Å². The summed E-state index contributed by atoms with van der Waals surface area (Å²) >= 11 is 2.75. The Morgan fingerprint density at radius 3 is 2.53 bits per heavy atom. The molecule has 2 aromatic carbocycles. The number of amides is 2. The molecule has 1 heterocycles. The highest BCUT2D eigenvalue weighted by atomic mass is 32.2. The van der Waals surface area contributed by atoms with Crippen molar-refractivity contribution in [3.63, 3.8) is 0 Å². The van der Waals surface area contributed by atoms with Crippen LogP contribution in [0.1, 0.15) is 12.5 Å². The van der Waals surface area contributed by atoms with Crippen LogP contribution in [0.3, 0.4) is 0 Å². The molecule has 30 heavy (non-hydrogen) atoms. The van der Waals surface area contributed by atoms with E-state index in [0.717, 1.165) is 20.6 Å². The third-order valence-corrected chi connectivity index (χ3v) is 6.38. The molecule has 1 N–H and O–H groups in total. The number of thiazole rings is 1. The Balaban J connectivity index is 1.60. The van der Waals surface area contributed by atoms with Gasteiger partial charge in [0.2, 0.25) is 11.8 Å². The van der Waals surface area contributed by atoms with E-state index in [1.54, 1.807) is 6.92 Å². The van der Waals surface area contributed by atoms with Gasteiger partial charge in [0.05, 0.1) is 33.3 Å². The van der Waals surface area contributed by atoms with Crippen LogP contribution < -0.4 is 5.32 Å². The molecule has 1 atom stereocenters. The summed E-state index contributed by atoms with van der Waals surface area (Å²) in [6.45, 7) is 1.34. The van der Waals surface area contributed by atoms with Gasteiger partial charge in [0, 0.05) is 7.05 Å². The Kier molecular flexibility index (Phi) is 6.67. The van der Waals surface area contributed by atoms with Gasteiger partial charge in [-0.25, -0.2) is 4.98 Å². The van der Waals surface area contributed by atoms with Gasteiger partial charge in [0.15, 0.2) is 4.34 Å². The number of nitrogens with zero attached hydrogens (tertiary/aromatic N) is 2. The average Bonchev–Trinajstić information content (AvgIpc) is 3.09. The van der Waals surface area contributed by atoms with Gasteiger partial charge in [-0.15, -0.1) is 11.3 Å². The Bertz CT molecular complexity index is 1040. The molecule has 2 amide bonds. The van der Waals surface area contributed by atoms with Crippen LogP contribution in [-0.2, 0) is 15.8 Å². The molecule has 0 aliphatic heterocycles. The van der Waals surface area contributed by atoms with E-state index in [9.17, 15) is 22.8 Å². The summed E-state index contributed by atoms with van der Waals surface area (Å²) in [5, 5.41) is 1.73. The van der Waals surface area contributed by atoms with Gasteiger partial charge in [-0.3, -0.25) is 9.59 Å². The predicted octanol–water partition coefficient (Wildman–Crippen LogP) is 4.89. The van der Waals surface area contributed by atoms with E-state index in [1.165, 1.54) is 53.2 Å². The molecule has 10 heteroatoms. The molecule has 3 rings (SSSR count). The number of hydrogen-bond acceptors (Lipinski definition) is 5. The van der Waals surface area contributed by atoms with Gasteiger partial charge in [-0.05, 0) is 31.2 Å². The topological polar surface area (TPSA) is 62.3 Å². The highest BCUT2D eigenvalue weighted by Gasteiger charge is 2.33. The molecule has 0 spiro atoms. The highest BCUT2D eigenvalue weighted by Crippen LogP contribution is 2.35. The summed E-state index contributed by atoms with van der Waals surface area (Å²) < 4.78 is 40.9. The summed E-state index contributed by atoms with van der Waals surface area (Å²) in [7, 11) is 1.44. The SMILES string of the molecule is C[C@@H](Sc1nc2ccccc2s1)C(=O)N(C)CC(=O)Nc1ccccc1C(F)(F)F. The van der Waals surface area contributed by atoms with Crippen molar-refractivity contribution in [1.82, 2.24) is 9.88 Å². The van der Waals surface area contributed by atoms with Gasteiger partial charge < -0.3 is 10.2 Å². The number of aromatic nitrogens is 1. The molecule has 0 aliphatic rings. The molecule has 0 radical (unpaired) electrons. The van der Waals surface area contributed by atoms with Gasteiger partial charge in [0.1, 0.15) is 0 Å². The van der Waals surface area contributed by atoms with Gasteiger partial charge in [0.25, 0.3) is 0 Å².